The van der Waals surface area contributed by atoms with Crippen molar-refractivity contribution in [2.24, 2.45) is 0 Å². The van der Waals surface area contributed by atoms with Crippen molar-refractivity contribution in [1.82, 2.24) is 5.32 Å². The van der Waals surface area contributed by atoms with Gasteiger partial charge in [0.2, 0.25) is 0 Å². The maximum Gasteiger partial charge on any atom is 0.264 e. The minimum Gasteiger partial charge on any atom is -0.491 e. The average molecular weight is 517 g/mol. The van der Waals surface area contributed by atoms with E-state index in [0.717, 1.165) is 27.6 Å². The second-order valence-electron chi connectivity index (χ2n) is 9.04. The van der Waals surface area contributed by atoms with Crippen LogP contribution >= 0.6 is 0 Å². The van der Waals surface area contributed by atoms with E-state index >= 15 is 0 Å². The van der Waals surface area contributed by atoms with Crippen LogP contribution in [0, 0.1) is 13.8 Å². The van der Waals surface area contributed by atoms with Gasteiger partial charge in [-0.1, -0.05) is 60.2 Å². The molecule has 0 unspecified atom stereocenters. The van der Waals surface area contributed by atoms with Gasteiger partial charge in [-0.05, 0) is 55.1 Å². The van der Waals surface area contributed by atoms with Gasteiger partial charge < -0.3 is 14.8 Å². The fourth-order valence-corrected chi connectivity index (χ4v) is 5.80. The molecule has 4 aromatic rings. The Labute approximate surface area is 216 Å². The maximum absolute atomic E-state index is 13.6. The first kappa shape index (κ1) is 24.6. The number of sulfonamides is 1. The van der Waals surface area contributed by atoms with Gasteiger partial charge in [0, 0.05) is 5.39 Å². The van der Waals surface area contributed by atoms with Crippen LogP contribution < -0.4 is 19.1 Å². The molecular weight excluding hydrogens is 488 g/mol. The van der Waals surface area contributed by atoms with E-state index in [1.165, 1.54) is 4.31 Å². The summed E-state index contributed by atoms with van der Waals surface area (Å²) in [7, 11) is -3.91. The summed E-state index contributed by atoms with van der Waals surface area (Å²) in [5, 5.41) is 4.89. The molecule has 0 bridgehead atoms. The summed E-state index contributed by atoms with van der Waals surface area (Å²) in [5.41, 5.74) is 2.27. The van der Waals surface area contributed by atoms with Crippen LogP contribution in [0.4, 0.5) is 5.69 Å². The Morgan fingerprint density at radius 3 is 2.51 bits per heavy atom. The van der Waals surface area contributed by atoms with Gasteiger partial charge in [-0.15, -0.1) is 0 Å². The van der Waals surface area contributed by atoms with Crippen molar-refractivity contribution < 1.29 is 22.7 Å². The van der Waals surface area contributed by atoms with E-state index in [1.54, 1.807) is 36.4 Å². The largest absolute Gasteiger partial charge is 0.491 e. The Hall–Kier alpha value is -4.04. The molecule has 1 aliphatic rings. The third-order valence-corrected chi connectivity index (χ3v) is 8.09. The lowest BCUT2D eigenvalue weighted by Gasteiger charge is -2.35. The molecule has 0 radical (unpaired) electrons. The monoisotopic (exact) mass is 516 g/mol. The molecule has 1 atom stereocenters. The molecule has 1 heterocycles. The van der Waals surface area contributed by atoms with Crippen LogP contribution in [-0.4, -0.2) is 40.1 Å². The van der Waals surface area contributed by atoms with Crippen molar-refractivity contribution in [2.75, 3.05) is 24.0 Å². The third kappa shape index (κ3) is 5.11. The van der Waals surface area contributed by atoms with Crippen molar-refractivity contribution in [3.8, 4) is 11.5 Å². The summed E-state index contributed by atoms with van der Waals surface area (Å²) in [6, 6.07) is 25.7. The lowest BCUT2D eigenvalue weighted by molar-refractivity contribution is -0.127. The van der Waals surface area contributed by atoms with Gasteiger partial charge in [-0.25, -0.2) is 8.42 Å². The van der Waals surface area contributed by atoms with E-state index in [9.17, 15) is 13.2 Å². The smallest absolute Gasteiger partial charge is 0.264 e. The predicted molar refractivity (Wildman–Crippen MR) is 144 cm³/mol. The second kappa shape index (κ2) is 10.1. The van der Waals surface area contributed by atoms with Gasteiger partial charge >= 0.3 is 0 Å². The van der Waals surface area contributed by atoms with Crippen LogP contribution in [0.5, 0.6) is 11.5 Å². The molecule has 5 rings (SSSR count). The molecule has 7 nitrogen and oxygen atoms in total. The van der Waals surface area contributed by atoms with Crippen molar-refractivity contribution in [3.63, 3.8) is 0 Å². The lowest BCUT2D eigenvalue weighted by Crippen LogP contribution is -2.51. The maximum atomic E-state index is 13.6. The number of nitrogens with zero attached hydrogens (tertiary/aromatic N) is 1. The molecule has 0 aliphatic carbocycles. The fraction of sp³-hybridized carbons (Fsp3) is 0.207. The molecule has 0 fully saturated rings. The molecule has 1 aliphatic heterocycles. The van der Waals surface area contributed by atoms with E-state index in [-0.39, 0.29) is 24.6 Å². The molecular formula is C29H28N2O5S. The standard InChI is InChI=1S/C29H28N2O5S/c1-20-10-13-23(14-11-20)37(33,34)31-19-28(36-27-15-12-21(2)18-25(27)31)29(32)30-16-17-35-26-9-5-7-22-6-3-4-8-24(22)26/h3-15,18,28H,16-17,19H2,1-2H3,(H,30,32)/t28-/m0/s1. The summed E-state index contributed by atoms with van der Waals surface area (Å²) in [5.74, 6) is 0.678. The zero-order valence-corrected chi connectivity index (χ0v) is 21.5. The van der Waals surface area contributed by atoms with Crippen LogP contribution in [0.15, 0.2) is 89.8 Å². The molecule has 0 saturated heterocycles. The number of hydrogen-bond acceptors (Lipinski definition) is 5. The molecule has 0 spiro atoms. The second-order valence-corrected chi connectivity index (χ2v) is 10.9. The molecule has 4 aromatic carbocycles. The zero-order valence-electron chi connectivity index (χ0n) is 20.7. The van der Waals surface area contributed by atoms with Gasteiger partial charge in [0.25, 0.3) is 15.9 Å². The number of amides is 1. The number of aryl methyl sites for hydroxylation is 2. The number of fused-ring (bicyclic) bond motifs is 2. The number of carbonyl (C=O) groups is 1. The summed E-state index contributed by atoms with van der Waals surface area (Å²) < 4.78 is 40.3. The van der Waals surface area contributed by atoms with E-state index in [1.807, 2.05) is 62.4 Å². The van der Waals surface area contributed by atoms with Crippen molar-refractivity contribution in [3.05, 3.63) is 96.1 Å². The minimum absolute atomic E-state index is 0.136. The molecule has 1 amide bonds. The normalized spacial score (nSPS) is 15.1. The number of carbonyl (C=O) groups excluding carboxylic acids is 1. The van der Waals surface area contributed by atoms with Gasteiger partial charge in [-0.3, -0.25) is 9.10 Å². The Kier molecular flexibility index (Phi) is 6.76. The number of anilines is 1. The topological polar surface area (TPSA) is 84.9 Å². The average Bonchev–Trinajstić information content (AvgIpc) is 2.90. The highest BCUT2D eigenvalue weighted by Crippen LogP contribution is 2.37. The fourth-order valence-electron chi connectivity index (χ4n) is 4.33. The highest BCUT2D eigenvalue weighted by Gasteiger charge is 2.37. The van der Waals surface area contributed by atoms with Crippen molar-refractivity contribution in [1.29, 1.82) is 0 Å². The predicted octanol–water partition coefficient (Wildman–Crippen LogP) is 4.61. The van der Waals surface area contributed by atoms with Gasteiger partial charge in [-0.2, -0.15) is 0 Å². The Morgan fingerprint density at radius 1 is 0.973 bits per heavy atom. The Balaban J connectivity index is 1.30. The van der Waals surface area contributed by atoms with Gasteiger partial charge in [0.15, 0.2) is 6.10 Å². The number of ether oxygens (including phenoxy) is 2. The van der Waals surface area contributed by atoms with Crippen LogP contribution in [0.2, 0.25) is 0 Å². The number of nitrogens with one attached hydrogen (secondary N) is 1. The lowest BCUT2D eigenvalue weighted by atomic mass is 10.1. The number of rotatable bonds is 7. The first-order valence-corrected chi connectivity index (χ1v) is 13.5. The molecule has 0 aromatic heterocycles. The molecule has 8 heteroatoms. The summed E-state index contributed by atoms with van der Waals surface area (Å²) in [6.07, 6.45) is -1.01. The number of benzene rings is 4. The first-order valence-electron chi connectivity index (χ1n) is 12.1. The zero-order chi connectivity index (χ0) is 26.0. The molecule has 1 N–H and O–H groups in total. The van der Waals surface area contributed by atoms with Crippen LogP contribution in [-0.2, 0) is 14.8 Å². The molecule has 0 saturated carbocycles. The number of hydrogen-bond donors (Lipinski definition) is 1. The van der Waals surface area contributed by atoms with Crippen LogP contribution in [0.25, 0.3) is 10.8 Å². The molecule has 190 valence electrons. The highest BCUT2D eigenvalue weighted by atomic mass is 32.2. The van der Waals surface area contributed by atoms with Crippen LogP contribution in [0.3, 0.4) is 0 Å². The SMILES string of the molecule is Cc1ccc(S(=O)(=O)N2C[C@@H](C(=O)NCCOc3cccc4ccccc34)Oc3ccc(C)cc32)cc1. The van der Waals surface area contributed by atoms with E-state index < -0.39 is 22.0 Å². The summed E-state index contributed by atoms with van der Waals surface area (Å²) >= 11 is 0. The van der Waals surface area contributed by atoms with E-state index in [2.05, 4.69) is 5.32 Å². The van der Waals surface area contributed by atoms with E-state index in [0.29, 0.717) is 11.4 Å². The quantitative estimate of drug-likeness (QED) is 0.363. The van der Waals surface area contributed by atoms with Crippen LogP contribution in [0.1, 0.15) is 11.1 Å². The summed E-state index contributed by atoms with van der Waals surface area (Å²) in [4.78, 5) is 13.2. The highest BCUT2D eigenvalue weighted by molar-refractivity contribution is 7.92. The van der Waals surface area contributed by atoms with Crippen molar-refractivity contribution in [2.45, 2.75) is 24.8 Å². The molecule has 37 heavy (non-hydrogen) atoms. The minimum atomic E-state index is -3.91. The Bertz CT molecular complexity index is 1550. The van der Waals surface area contributed by atoms with Gasteiger partial charge in [0.05, 0.1) is 23.7 Å². The van der Waals surface area contributed by atoms with E-state index in [4.69, 9.17) is 9.47 Å². The summed E-state index contributed by atoms with van der Waals surface area (Å²) in [6.45, 7) is 4.14. The third-order valence-electron chi connectivity index (χ3n) is 6.29. The first-order chi connectivity index (χ1) is 17.8. The van der Waals surface area contributed by atoms with Gasteiger partial charge in [0.1, 0.15) is 18.1 Å². The van der Waals surface area contributed by atoms with Crippen molar-refractivity contribution >= 4 is 32.4 Å². The Morgan fingerprint density at radius 2 is 1.70 bits per heavy atom.